The van der Waals surface area contributed by atoms with E-state index in [9.17, 15) is 9.59 Å². The van der Waals surface area contributed by atoms with Crippen molar-refractivity contribution in [1.82, 2.24) is 19.5 Å². The summed E-state index contributed by atoms with van der Waals surface area (Å²) in [7, 11) is 0. The van der Waals surface area contributed by atoms with E-state index in [-0.39, 0.29) is 29.0 Å². The summed E-state index contributed by atoms with van der Waals surface area (Å²) >= 11 is 0. The number of rotatable bonds is 3. The molecule has 0 bridgehead atoms. The third-order valence-corrected chi connectivity index (χ3v) is 3.19. The fourth-order valence-electron chi connectivity index (χ4n) is 2.25. The molecule has 2 N–H and O–H groups in total. The van der Waals surface area contributed by atoms with E-state index >= 15 is 0 Å². The van der Waals surface area contributed by atoms with Crippen LogP contribution in [0.2, 0.25) is 0 Å². The molecule has 8 heteroatoms. The standard InChI is InChI=1S/C13H15N5O3/c1-8(19)15-13-16-11-10(12(20)17-13)14-7-18(11)6-9-4-2-3-5-21-9/h3,5,7,9H,2,4,6H2,1H3,(H2,15,16,17,19,20). The monoisotopic (exact) mass is 289 g/mol. The average molecular weight is 289 g/mol. The van der Waals surface area contributed by atoms with Crippen molar-refractivity contribution in [2.24, 2.45) is 0 Å². The zero-order valence-corrected chi connectivity index (χ0v) is 11.5. The summed E-state index contributed by atoms with van der Waals surface area (Å²) in [6, 6.07) is 0. The molecule has 21 heavy (non-hydrogen) atoms. The van der Waals surface area contributed by atoms with E-state index in [4.69, 9.17) is 4.74 Å². The number of anilines is 1. The van der Waals surface area contributed by atoms with Crippen molar-refractivity contribution in [3.05, 3.63) is 29.0 Å². The lowest BCUT2D eigenvalue weighted by molar-refractivity contribution is -0.114. The molecule has 3 heterocycles. The summed E-state index contributed by atoms with van der Waals surface area (Å²) in [6.45, 7) is 1.90. The van der Waals surface area contributed by atoms with Crippen LogP contribution in [0, 0.1) is 0 Å². The normalized spacial score (nSPS) is 17.7. The molecule has 0 fully saturated rings. The number of carbonyl (C=O) groups excluding carboxylic acids is 1. The van der Waals surface area contributed by atoms with Crippen molar-refractivity contribution in [3.63, 3.8) is 0 Å². The first-order valence-electron chi connectivity index (χ1n) is 6.66. The highest BCUT2D eigenvalue weighted by atomic mass is 16.5. The highest BCUT2D eigenvalue weighted by Gasteiger charge is 2.16. The number of fused-ring (bicyclic) bond motifs is 1. The minimum absolute atomic E-state index is 0.0257. The number of H-pyrrole nitrogens is 1. The van der Waals surface area contributed by atoms with Gasteiger partial charge in [-0.05, 0) is 18.9 Å². The molecule has 0 saturated carbocycles. The fraction of sp³-hybridized carbons (Fsp3) is 0.385. The summed E-state index contributed by atoms with van der Waals surface area (Å²) in [5.74, 6) is -0.185. The number of aromatic nitrogens is 4. The van der Waals surface area contributed by atoms with Crippen LogP contribution in [0.4, 0.5) is 5.95 Å². The predicted octanol–water partition coefficient (Wildman–Crippen LogP) is 0.771. The summed E-state index contributed by atoms with van der Waals surface area (Å²) in [6.07, 6.45) is 7.11. The highest BCUT2D eigenvalue weighted by molar-refractivity contribution is 5.87. The molecule has 1 unspecified atom stereocenters. The van der Waals surface area contributed by atoms with Crippen LogP contribution in [0.15, 0.2) is 23.5 Å². The van der Waals surface area contributed by atoms with Gasteiger partial charge in [-0.15, -0.1) is 0 Å². The number of imidazole rings is 1. The van der Waals surface area contributed by atoms with Gasteiger partial charge in [0.15, 0.2) is 11.2 Å². The Hall–Kier alpha value is -2.64. The first-order chi connectivity index (χ1) is 10.1. The predicted molar refractivity (Wildman–Crippen MR) is 75.7 cm³/mol. The maximum Gasteiger partial charge on any atom is 0.280 e. The van der Waals surface area contributed by atoms with E-state index in [2.05, 4.69) is 20.3 Å². The Morgan fingerprint density at radius 3 is 3.19 bits per heavy atom. The largest absolute Gasteiger partial charge is 0.496 e. The van der Waals surface area contributed by atoms with Crippen LogP contribution in [0.3, 0.4) is 0 Å². The third-order valence-electron chi connectivity index (χ3n) is 3.19. The Kier molecular flexibility index (Phi) is 3.43. The van der Waals surface area contributed by atoms with E-state index in [0.29, 0.717) is 12.2 Å². The Labute approximate surface area is 119 Å². The van der Waals surface area contributed by atoms with E-state index in [1.165, 1.54) is 6.92 Å². The molecule has 8 nitrogen and oxygen atoms in total. The number of nitrogens with zero attached hydrogens (tertiary/aromatic N) is 3. The summed E-state index contributed by atoms with van der Waals surface area (Å²) in [5.41, 5.74) is 0.295. The molecule has 0 spiro atoms. The van der Waals surface area contributed by atoms with Crippen LogP contribution >= 0.6 is 0 Å². The second-order valence-corrected chi connectivity index (χ2v) is 4.87. The lowest BCUT2D eigenvalue weighted by Crippen LogP contribution is -2.21. The van der Waals surface area contributed by atoms with Crippen LogP contribution in [0.1, 0.15) is 19.8 Å². The highest BCUT2D eigenvalue weighted by Crippen LogP contribution is 2.15. The zero-order chi connectivity index (χ0) is 14.8. The second-order valence-electron chi connectivity index (χ2n) is 4.87. The molecule has 1 aliphatic rings. The molecule has 2 aromatic rings. The average Bonchev–Trinajstić information content (AvgIpc) is 2.83. The van der Waals surface area contributed by atoms with Crippen LogP contribution < -0.4 is 10.9 Å². The Morgan fingerprint density at radius 2 is 2.48 bits per heavy atom. The van der Waals surface area contributed by atoms with E-state index in [1.54, 1.807) is 17.2 Å². The number of aromatic amines is 1. The van der Waals surface area contributed by atoms with Gasteiger partial charge >= 0.3 is 0 Å². The van der Waals surface area contributed by atoms with Crippen molar-refractivity contribution in [1.29, 1.82) is 0 Å². The third kappa shape index (κ3) is 2.78. The molecular weight excluding hydrogens is 274 g/mol. The van der Waals surface area contributed by atoms with Crippen molar-refractivity contribution < 1.29 is 9.53 Å². The Balaban J connectivity index is 1.95. The van der Waals surface area contributed by atoms with Gasteiger partial charge < -0.3 is 9.30 Å². The quantitative estimate of drug-likeness (QED) is 0.869. The summed E-state index contributed by atoms with van der Waals surface area (Å²) in [4.78, 5) is 33.8. The number of ether oxygens (including phenoxy) is 1. The smallest absolute Gasteiger partial charge is 0.280 e. The van der Waals surface area contributed by atoms with Gasteiger partial charge in [0.2, 0.25) is 11.9 Å². The molecule has 1 aliphatic heterocycles. The topological polar surface area (TPSA) is 102 Å². The molecule has 0 aromatic carbocycles. The van der Waals surface area contributed by atoms with Gasteiger partial charge in [-0.1, -0.05) is 0 Å². The van der Waals surface area contributed by atoms with Crippen LogP contribution in [-0.2, 0) is 16.1 Å². The molecule has 0 saturated heterocycles. The van der Waals surface area contributed by atoms with Gasteiger partial charge in [0.1, 0.15) is 6.10 Å². The second kappa shape index (κ2) is 5.39. The van der Waals surface area contributed by atoms with E-state index in [1.807, 2.05) is 6.08 Å². The minimum Gasteiger partial charge on any atom is -0.496 e. The summed E-state index contributed by atoms with van der Waals surface area (Å²) in [5, 5.41) is 2.47. The SMILES string of the molecule is CC(=O)Nc1nc2c(ncn2CC2CCC=CO2)c(=O)[nH]1. The van der Waals surface area contributed by atoms with Gasteiger partial charge in [-0.3, -0.25) is 19.9 Å². The van der Waals surface area contributed by atoms with E-state index < -0.39 is 0 Å². The lowest BCUT2D eigenvalue weighted by Gasteiger charge is -2.19. The van der Waals surface area contributed by atoms with Crippen LogP contribution in [0.25, 0.3) is 11.2 Å². The van der Waals surface area contributed by atoms with Gasteiger partial charge in [0.25, 0.3) is 5.56 Å². The van der Waals surface area contributed by atoms with Crippen molar-refractivity contribution in [3.8, 4) is 0 Å². The molecule has 0 aliphatic carbocycles. The fourth-order valence-corrected chi connectivity index (χ4v) is 2.25. The molecule has 2 aromatic heterocycles. The Bertz CT molecular complexity index is 761. The van der Waals surface area contributed by atoms with Crippen molar-refractivity contribution in [2.45, 2.75) is 32.4 Å². The van der Waals surface area contributed by atoms with Crippen LogP contribution in [-0.4, -0.2) is 31.5 Å². The molecular formula is C13H15N5O3. The number of amides is 1. The molecule has 3 rings (SSSR count). The molecule has 0 radical (unpaired) electrons. The number of nitrogens with one attached hydrogen (secondary N) is 2. The molecule has 110 valence electrons. The first-order valence-corrected chi connectivity index (χ1v) is 6.66. The number of allylic oxidation sites excluding steroid dienone is 1. The van der Waals surface area contributed by atoms with Gasteiger partial charge in [0, 0.05) is 6.92 Å². The van der Waals surface area contributed by atoms with Gasteiger partial charge in [0.05, 0.1) is 19.1 Å². The number of hydrogen-bond acceptors (Lipinski definition) is 5. The number of carbonyl (C=O) groups is 1. The number of hydrogen-bond donors (Lipinski definition) is 2. The van der Waals surface area contributed by atoms with Gasteiger partial charge in [-0.25, -0.2) is 4.98 Å². The maximum absolute atomic E-state index is 11.9. The molecule has 1 amide bonds. The van der Waals surface area contributed by atoms with Crippen LogP contribution in [0.5, 0.6) is 0 Å². The first kappa shape index (κ1) is 13.3. The van der Waals surface area contributed by atoms with E-state index in [0.717, 1.165) is 12.8 Å². The molecule has 1 atom stereocenters. The lowest BCUT2D eigenvalue weighted by atomic mass is 10.1. The Morgan fingerprint density at radius 1 is 1.62 bits per heavy atom. The zero-order valence-electron chi connectivity index (χ0n) is 11.5. The van der Waals surface area contributed by atoms with Crippen molar-refractivity contribution >= 4 is 23.0 Å². The minimum atomic E-state index is -0.382. The summed E-state index contributed by atoms with van der Waals surface area (Å²) < 4.78 is 7.28. The maximum atomic E-state index is 11.9. The van der Waals surface area contributed by atoms with Gasteiger partial charge in [-0.2, -0.15) is 4.98 Å². The van der Waals surface area contributed by atoms with Crippen molar-refractivity contribution in [2.75, 3.05) is 5.32 Å².